The first kappa shape index (κ1) is 10.5. The maximum absolute atomic E-state index is 2.28. The largest absolute Gasteiger partial charge is 0.350 e. The SMILES string of the molecule is Cc1c2c(c(C)n1C)SSSSS2. The lowest BCUT2D eigenvalue weighted by Gasteiger charge is -2.00. The van der Waals surface area contributed by atoms with E-state index >= 15 is 0 Å². The first-order chi connectivity index (χ1) is 6.22. The van der Waals surface area contributed by atoms with Crippen LogP contribution in [0.1, 0.15) is 11.4 Å². The molecule has 0 spiro atoms. The number of fused-ring (bicyclic) bond motifs is 1. The average Bonchev–Trinajstić information content (AvgIpc) is 2.40. The van der Waals surface area contributed by atoms with Gasteiger partial charge in [-0.25, -0.2) is 0 Å². The number of hydrogen-bond donors (Lipinski definition) is 0. The molecule has 0 radical (unpaired) electrons. The van der Waals surface area contributed by atoms with Gasteiger partial charge in [0.05, 0.1) is 9.79 Å². The van der Waals surface area contributed by atoms with Crippen LogP contribution in [0.4, 0.5) is 0 Å². The molecule has 0 unspecified atom stereocenters. The predicted octanol–water partition coefficient (Wildman–Crippen LogP) is 4.70. The third-order valence-electron chi connectivity index (χ3n) is 2.16. The monoisotopic (exact) mass is 267 g/mol. The Bertz CT molecular complexity index is 303. The van der Waals surface area contributed by atoms with E-state index in [0.29, 0.717) is 0 Å². The Morgan fingerprint density at radius 2 is 1.31 bits per heavy atom. The molecule has 0 amide bonds. The summed E-state index contributed by atoms with van der Waals surface area (Å²) in [5.74, 6) is 0. The molecular weight excluding hydrogens is 258 g/mol. The topological polar surface area (TPSA) is 4.93 Å². The second-order valence-corrected chi connectivity index (χ2v) is 10.2. The zero-order valence-corrected chi connectivity index (χ0v) is 11.6. The van der Waals surface area contributed by atoms with Crippen LogP contribution >= 0.6 is 51.1 Å². The van der Waals surface area contributed by atoms with Crippen LogP contribution in [0.5, 0.6) is 0 Å². The van der Waals surface area contributed by atoms with Crippen molar-refractivity contribution in [1.82, 2.24) is 4.57 Å². The van der Waals surface area contributed by atoms with E-state index in [1.165, 1.54) is 21.2 Å². The van der Waals surface area contributed by atoms with E-state index in [0.717, 1.165) is 0 Å². The first-order valence-corrected chi connectivity index (χ1v) is 9.87. The van der Waals surface area contributed by atoms with Crippen LogP contribution in [0.15, 0.2) is 9.79 Å². The highest BCUT2D eigenvalue weighted by molar-refractivity contribution is 9.36. The third-order valence-corrected chi connectivity index (χ3v) is 10.8. The molecular formula is C7H9NS5. The van der Waals surface area contributed by atoms with Crippen LogP contribution < -0.4 is 0 Å². The molecule has 2 rings (SSSR count). The molecule has 1 aliphatic rings. The fraction of sp³-hybridized carbons (Fsp3) is 0.429. The van der Waals surface area contributed by atoms with E-state index in [4.69, 9.17) is 0 Å². The summed E-state index contributed by atoms with van der Waals surface area (Å²) in [6, 6.07) is 0. The van der Waals surface area contributed by atoms with Crippen LogP contribution in [0.25, 0.3) is 0 Å². The van der Waals surface area contributed by atoms with Gasteiger partial charge >= 0.3 is 0 Å². The van der Waals surface area contributed by atoms with Crippen molar-refractivity contribution in [2.45, 2.75) is 23.6 Å². The van der Waals surface area contributed by atoms with Crippen molar-refractivity contribution in [3.05, 3.63) is 11.4 Å². The summed E-state index contributed by atoms with van der Waals surface area (Å²) < 4.78 is 2.28. The van der Waals surface area contributed by atoms with Gasteiger partial charge in [-0.1, -0.05) is 0 Å². The highest BCUT2D eigenvalue weighted by Crippen LogP contribution is 2.60. The van der Waals surface area contributed by atoms with E-state index < -0.39 is 0 Å². The van der Waals surface area contributed by atoms with Gasteiger partial charge in [0.1, 0.15) is 0 Å². The van der Waals surface area contributed by atoms with Gasteiger partial charge < -0.3 is 4.57 Å². The molecule has 1 aromatic rings. The molecule has 13 heavy (non-hydrogen) atoms. The predicted molar refractivity (Wildman–Crippen MR) is 69.4 cm³/mol. The Hall–Kier alpha value is 1.03. The summed E-state index contributed by atoms with van der Waals surface area (Å²) in [4.78, 5) is 2.90. The van der Waals surface area contributed by atoms with Crippen molar-refractivity contribution in [3.8, 4) is 0 Å². The Labute approximate surface area is 97.2 Å². The van der Waals surface area contributed by atoms with Crippen LogP contribution in [-0.2, 0) is 7.05 Å². The van der Waals surface area contributed by atoms with Gasteiger partial charge in [0.15, 0.2) is 0 Å². The summed E-state index contributed by atoms with van der Waals surface area (Å²) in [5.41, 5.74) is 2.78. The summed E-state index contributed by atoms with van der Waals surface area (Å²) in [7, 11) is 11.5. The first-order valence-electron chi connectivity index (χ1n) is 3.72. The molecule has 0 aromatic carbocycles. The van der Waals surface area contributed by atoms with Crippen molar-refractivity contribution < 1.29 is 0 Å². The molecule has 0 N–H and O–H groups in total. The highest BCUT2D eigenvalue weighted by atomic mass is 33.8. The fourth-order valence-corrected chi connectivity index (χ4v) is 10.7. The zero-order chi connectivity index (χ0) is 9.42. The van der Waals surface area contributed by atoms with Gasteiger partial charge in [0.2, 0.25) is 0 Å². The van der Waals surface area contributed by atoms with Crippen molar-refractivity contribution in [3.63, 3.8) is 0 Å². The zero-order valence-electron chi connectivity index (χ0n) is 7.49. The molecule has 1 aromatic heterocycles. The number of nitrogens with zero attached hydrogens (tertiary/aromatic N) is 1. The molecule has 72 valence electrons. The molecule has 0 bridgehead atoms. The van der Waals surface area contributed by atoms with Gasteiger partial charge in [-0.2, -0.15) is 0 Å². The van der Waals surface area contributed by atoms with Crippen molar-refractivity contribution >= 4 is 51.1 Å². The molecule has 0 saturated heterocycles. The Morgan fingerprint density at radius 3 is 1.77 bits per heavy atom. The van der Waals surface area contributed by atoms with E-state index in [2.05, 4.69) is 25.5 Å². The summed E-state index contributed by atoms with van der Waals surface area (Å²) >= 11 is 0. The summed E-state index contributed by atoms with van der Waals surface area (Å²) in [6.07, 6.45) is 0. The minimum absolute atomic E-state index is 1.39. The minimum Gasteiger partial charge on any atom is -0.350 e. The van der Waals surface area contributed by atoms with Gasteiger partial charge in [-0.15, -0.1) is 0 Å². The second-order valence-electron chi connectivity index (χ2n) is 2.76. The lowest BCUT2D eigenvalue weighted by Crippen LogP contribution is -1.92. The van der Waals surface area contributed by atoms with Gasteiger partial charge in [-0.05, 0) is 64.9 Å². The highest BCUT2D eigenvalue weighted by Gasteiger charge is 2.20. The average molecular weight is 267 g/mol. The molecule has 0 atom stereocenters. The lowest BCUT2D eigenvalue weighted by atomic mass is 10.4. The van der Waals surface area contributed by atoms with Crippen molar-refractivity contribution in [1.29, 1.82) is 0 Å². The van der Waals surface area contributed by atoms with Crippen LogP contribution in [-0.4, -0.2) is 4.57 Å². The van der Waals surface area contributed by atoms with Crippen LogP contribution in [0.2, 0.25) is 0 Å². The number of hydrogen-bond acceptors (Lipinski definition) is 5. The van der Waals surface area contributed by atoms with E-state index in [1.54, 1.807) is 0 Å². The number of aromatic nitrogens is 1. The fourth-order valence-electron chi connectivity index (χ4n) is 1.19. The van der Waals surface area contributed by atoms with Crippen LogP contribution in [0, 0.1) is 13.8 Å². The summed E-state index contributed by atoms with van der Waals surface area (Å²) in [5, 5.41) is 0. The Kier molecular flexibility index (Phi) is 3.46. The van der Waals surface area contributed by atoms with Crippen molar-refractivity contribution in [2.75, 3.05) is 0 Å². The van der Waals surface area contributed by atoms with E-state index in [1.807, 2.05) is 51.1 Å². The standard InChI is InChI=1S/C7H9NS5/c1-4-6-7(5(2)8(4)3)10-12-13-11-9-6/h1-3H3. The Morgan fingerprint density at radius 1 is 0.846 bits per heavy atom. The van der Waals surface area contributed by atoms with Gasteiger partial charge in [-0.3, -0.25) is 0 Å². The molecule has 0 saturated carbocycles. The molecule has 0 fully saturated rings. The second kappa shape index (κ2) is 4.26. The number of rotatable bonds is 0. The van der Waals surface area contributed by atoms with E-state index in [-0.39, 0.29) is 0 Å². The minimum atomic E-state index is 1.39. The Balaban J connectivity index is 2.52. The summed E-state index contributed by atoms with van der Waals surface area (Å²) in [6.45, 7) is 4.39. The molecule has 0 aliphatic carbocycles. The lowest BCUT2D eigenvalue weighted by molar-refractivity contribution is 0.831. The third kappa shape index (κ3) is 1.88. The molecule has 6 heteroatoms. The van der Waals surface area contributed by atoms with Crippen molar-refractivity contribution in [2.24, 2.45) is 7.05 Å². The van der Waals surface area contributed by atoms with Gasteiger partial charge in [0.25, 0.3) is 0 Å². The maximum Gasteiger partial charge on any atom is 0.0545 e. The normalized spacial score (nSPS) is 16.8. The quantitative estimate of drug-likeness (QED) is 0.626. The van der Waals surface area contributed by atoms with Gasteiger partial charge in [0, 0.05) is 18.4 Å². The molecule has 2 heterocycles. The van der Waals surface area contributed by atoms with Crippen LogP contribution in [0.3, 0.4) is 0 Å². The van der Waals surface area contributed by atoms with E-state index in [9.17, 15) is 0 Å². The smallest absolute Gasteiger partial charge is 0.0545 e. The maximum atomic E-state index is 2.28. The molecule has 1 aliphatic heterocycles. The molecule has 1 nitrogen and oxygen atoms in total.